The Kier molecular flexibility index (Phi) is 6.88. The first-order valence-electron chi connectivity index (χ1n) is 19.7. The second-order valence-corrected chi connectivity index (χ2v) is 15.5. The summed E-state index contributed by atoms with van der Waals surface area (Å²) in [6.07, 6.45) is 14.1. The maximum absolute atomic E-state index is 5.41. The highest BCUT2D eigenvalue weighted by Gasteiger charge is 2.44. The minimum Gasteiger partial charge on any atom is -0.361 e. The smallest absolute Gasteiger partial charge is 0.235 e. The fourth-order valence-electron chi connectivity index (χ4n) is 10.2. The molecule has 0 N–H and O–H groups in total. The molecule has 0 saturated carbocycles. The summed E-state index contributed by atoms with van der Waals surface area (Å²) in [5, 5.41) is 3.51. The molecule has 1 aliphatic heterocycles. The van der Waals surface area contributed by atoms with E-state index in [4.69, 9.17) is 9.97 Å². The summed E-state index contributed by atoms with van der Waals surface area (Å²) in [6.45, 7) is 0. The molecule has 8 aromatic rings. The van der Waals surface area contributed by atoms with Crippen molar-refractivity contribution in [3.63, 3.8) is 0 Å². The monoisotopic (exact) mass is 716 g/mol. The number of benzene rings is 6. The number of rotatable bonds is 4. The summed E-state index contributed by atoms with van der Waals surface area (Å²) < 4.78 is 2.27. The summed E-state index contributed by atoms with van der Waals surface area (Å²) in [5.74, 6) is 1.09. The highest BCUT2D eigenvalue weighted by molar-refractivity contribution is 6.13. The molecule has 0 spiro atoms. The van der Waals surface area contributed by atoms with Gasteiger partial charge < -0.3 is 4.90 Å². The van der Waals surface area contributed by atoms with Gasteiger partial charge in [-0.2, -0.15) is 0 Å². The first-order chi connectivity index (χ1) is 27.8. The Morgan fingerprint density at radius 1 is 0.661 bits per heavy atom. The van der Waals surface area contributed by atoms with Crippen molar-refractivity contribution in [2.75, 3.05) is 4.90 Å². The van der Waals surface area contributed by atoms with E-state index in [0.717, 1.165) is 57.2 Å². The van der Waals surface area contributed by atoms with Gasteiger partial charge in [-0.1, -0.05) is 127 Å². The number of hydrogen-bond donors (Lipinski definition) is 0. The van der Waals surface area contributed by atoms with Gasteiger partial charge in [-0.05, 0) is 107 Å². The molecule has 6 aromatic carbocycles. The second kappa shape index (κ2) is 12.3. The van der Waals surface area contributed by atoms with Crippen LogP contribution < -0.4 is 4.90 Å². The van der Waals surface area contributed by atoms with Gasteiger partial charge in [0, 0.05) is 39.4 Å². The molecule has 2 aromatic heterocycles. The second-order valence-electron chi connectivity index (χ2n) is 15.5. The Labute approximate surface area is 325 Å². The van der Waals surface area contributed by atoms with Crippen LogP contribution in [0.5, 0.6) is 0 Å². The van der Waals surface area contributed by atoms with Gasteiger partial charge in [0.1, 0.15) is 0 Å². The molecule has 4 nitrogen and oxygen atoms in total. The van der Waals surface area contributed by atoms with Crippen LogP contribution in [0.25, 0.3) is 61.6 Å². The fourth-order valence-corrected chi connectivity index (χ4v) is 10.2. The molecule has 264 valence electrons. The number of para-hydroxylation sites is 3. The van der Waals surface area contributed by atoms with Gasteiger partial charge in [0.25, 0.3) is 0 Å². The molecule has 12 rings (SSSR count). The molecule has 0 radical (unpaired) electrons. The Bertz CT molecular complexity index is 3130. The lowest BCUT2D eigenvalue weighted by Crippen LogP contribution is -2.45. The molecule has 0 saturated heterocycles. The summed E-state index contributed by atoms with van der Waals surface area (Å²) >= 11 is 0. The molecule has 3 atom stereocenters. The van der Waals surface area contributed by atoms with Crippen molar-refractivity contribution in [1.29, 1.82) is 0 Å². The fraction of sp³-hybridized carbons (Fsp3) is 0.115. The molecule has 0 fully saturated rings. The zero-order chi connectivity index (χ0) is 36.7. The quantitative estimate of drug-likeness (QED) is 0.170. The molecule has 3 heterocycles. The van der Waals surface area contributed by atoms with Gasteiger partial charge in [-0.25, -0.2) is 9.97 Å². The summed E-state index contributed by atoms with van der Waals surface area (Å²) in [7, 11) is 0. The maximum Gasteiger partial charge on any atom is 0.235 e. The average Bonchev–Trinajstić information content (AvgIpc) is 3.80. The van der Waals surface area contributed by atoms with E-state index in [0.29, 0.717) is 17.9 Å². The Hall–Kier alpha value is -6.96. The molecule has 3 unspecified atom stereocenters. The van der Waals surface area contributed by atoms with Crippen LogP contribution in [0.1, 0.15) is 45.7 Å². The van der Waals surface area contributed by atoms with E-state index in [1.54, 1.807) is 0 Å². The molecular weight excluding hydrogens is 681 g/mol. The van der Waals surface area contributed by atoms with Gasteiger partial charge >= 0.3 is 0 Å². The normalized spacial score (nSPS) is 19.0. The third-order valence-electron chi connectivity index (χ3n) is 12.6. The Morgan fingerprint density at radius 2 is 1.48 bits per heavy atom. The molecule has 0 amide bonds. The zero-order valence-corrected chi connectivity index (χ0v) is 30.7. The van der Waals surface area contributed by atoms with Crippen LogP contribution in [-0.2, 0) is 12.8 Å². The highest BCUT2D eigenvalue weighted by Crippen LogP contribution is 2.51. The van der Waals surface area contributed by atoms with Crippen molar-refractivity contribution in [2.45, 2.75) is 37.3 Å². The molecule has 3 aliphatic carbocycles. The average molecular weight is 717 g/mol. The minimum atomic E-state index is 0.281. The summed E-state index contributed by atoms with van der Waals surface area (Å²) in [5.41, 5.74) is 22.0. The summed E-state index contributed by atoms with van der Waals surface area (Å²) in [6, 6.07) is 49.4. The number of hydrogen-bond acceptors (Lipinski definition) is 3. The lowest BCUT2D eigenvalue weighted by Gasteiger charge is -2.40. The van der Waals surface area contributed by atoms with E-state index in [-0.39, 0.29) is 6.04 Å². The first kappa shape index (κ1) is 31.4. The molecule has 0 bridgehead atoms. The molecule has 4 heteroatoms. The van der Waals surface area contributed by atoms with Crippen LogP contribution in [0.15, 0.2) is 169 Å². The van der Waals surface area contributed by atoms with Crippen molar-refractivity contribution in [3.05, 3.63) is 203 Å². The van der Waals surface area contributed by atoms with E-state index in [2.05, 4.69) is 173 Å². The van der Waals surface area contributed by atoms with E-state index in [1.165, 1.54) is 50.7 Å². The minimum absolute atomic E-state index is 0.281. The molecule has 4 aliphatic rings. The van der Waals surface area contributed by atoms with Crippen LogP contribution in [0.4, 0.5) is 5.69 Å². The highest BCUT2D eigenvalue weighted by atomic mass is 15.2. The standard InChI is InChI=1S/C52H36N4/c1-2-13-33(14-3-1)35-16-12-17-37(31-35)51-41-19-6-9-22-44(41)53-52(54-51)56-46-24-11-8-21-43(46)50-40-28-27-38(32-36(40)26-30-48(50)56)55-45-23-10-7-20-42(45)49-39-18-5-4-15-34(39)25-29-47(49)55/h2,4-24,26-28,30-31,38,47,49H,25,29,32H2. The van der Waals surface area contributed by atoms with Gasteiger partial charge in [0.05, 0.1) is 28.3 Å². The lowest BCUT2D eigenvalue weighted by molar-refractivity contribution is 0.480. The number of aryl methyl sites for hydroxylation is 1. The predicted octanol–water partition coefficient (Wildman–Crippen LogP) is 11.6. The van der Waals surface area contributed by atoms with Crippen LogP contribution in [0.2, 0.25) is 0 Å². The van der Waals surface area contributed by atoms with Crippen LogP contribution in [0, 0.1) is 0 Å². The van der Waals surface area contributed by atoms with Crippen LogP contribution in [0.3, 0.4) is 0 Å². The number of aromatic nitrogens is 3. The van der Waals surface area contributed by atoms with Gasteiger partial charge in [0.15, 0.2) is 0 Å². The number of allylic oxidation sites excluding steroid dienone is 4. The lowest BCUT2D eigenvalue weighted by atomic mass is 9.77. The number of anilines is 1. The van der Waals surface area contributed by atoms with E-state index in [9.17, 15) is 0 Å². The van der Waals surface area contributed by atoms with Crippen molar-refractivity contribution in [2.24, 2.45) is 0 Å². The predicted molar refractivity (Wildman–Crippen MR) is 229 cm³/mol. The molecular formula is C52H36N4. The Balaban J connectivity index is 0.988. The van der Waals surface area contributed by atoms with Gasteiger partial charge in [-0.15, -0.1) is 0 Å². The van der Waals surface area contributed by atoms with Crippen molar-refractivity contribution >= 4 is 50.0 Å². The van der Waals surface area contributed by atoms with Crippen LogP contribution in [-0.4, -0.2) is 26.6 Å². The van der Waals surface area contributed by atoms with E-state index >= 15 is 0 Å². The Morgan fingerprint density at radius 3 is 2.41 bits per heavy atom. The van der Waals surface area contributed by atoms with Crippen molar-refractivity contribution in [3.8, 4) is 17.2 Å². The van der Waals surface area contributed by atoms with Crippen molar-refractivity contribution in [1.82, 2.24) is 14.5 Å². The third-order valence-corrected chi connectivity index (χ3v) is 12.6. The summed E-state index contributed by atoms with van der Waals surface area (Å²) in [4.78, 5) is 13.4. The maximum atomic E-state index is 5.41. The van der Waals surface area contributed by atoms with Gasteiger partial charge in [0.2, 0.25) is 5.95 Å². The third kappa shape index (κ3) is 4.68. The number of nitrogens with zero attached hydrogens (tertiary/aromatic N) is 4. The van der Waals surface area contributed by atoms with Crippen molar-refractivity contribution < 1.29 is 0 Å². The molecule has 56 heavy (non-hydrogen) atoms. The number of fused-ring (bicyclic) bond motifs is 11. The zero-order valence-electron chi connectivity index (χ0n) is 30.7. The largest absolute Gasteiger partial charge is 0.361 e. The topological polar surface area (TPSA) is 34.0 Å². The first-order valence-corrected chi connectivity index (χ1v) is 19.7. The van der Waals surface area contributed by atoms with Crippen LogP contribution >= 0.6 is 0 Å². The van der Waals surface area contributed by atoms with Gasteiger partial charge in [-0.3, -0.25) is 4.57 Å². The van der Waals surface area contributed by atoms with E-state index < -0.39 is 0 Å². The van der Waals surface area contributed by atoms with E-state index in [1.807, 2.05) is 12.2 Å². The SMILES string of the molecule is C1=C=CC(c2cccc(-c3nc(-n4c5ccccc5c5c6c(ccc54)CC(N4c5ccccc5C5c7ccccc7CCC54)C=C6)nc4ccccc34)c2)=CC=1.